The van der Waals surface area contributed by atoms with E-state index in [1.165, 1.54) is 68.9 Å². The van der Waals surface area contributed by atoms with Gasteiger partial charge in [-0.2, -0.15) is 0 Å². The lowest BCUT2D eigenvalue weighted by Crippen LogP contribution is -2.13. The van der Waals surface area contributed by atoms with Gasteiger partial charge >= 0.3 is 0 Å². The lowest BCUT2D eigenvalue weighted by Gasteiger charge is -2.29. The van der Waals surface area contributed by atoms with Crippen molar-refractivity contribution in [2.75, 3.05) is 0 Å². The number of ketones is 2. The number of carbonyl (C=O) groups is 2. The third kappa shape index (κ3) is 6.89. The van der Waals surface area contributed by atoms with Crippen LogP contribution < -0.4 is 0 Å². The minimum atomic E-state index is -0.0882. The van der Waals surface area contributed by atoms with Crippen LogP contribution in [-0.2, 0) is 4.79 Å². The van der Waals surface area contributed by atoms with Gasteiger partial charge in [0.1, 0.15) is 5.78 Å². The molecular formula is C29H38O2. The van der Waals surface area contributed by atoms with Crippen LogP contribution in [0.1, 0.15) is 106 Å². The number of Topliss-reactive ketones (excluding diaryl/α,β-unsaturated/α-hetero) is 2. The molecule has 1 aliphatic rings. The van der Waals surface area contributed by atoms with Crippen LogP contribution in [0.25, 0.3) is 11.1 Å². The van der Waals surface area contributed by atoms with Crippen molar-refractivity contribution in [1.29, 1.82) is 0 Å². The van der Waals surface area contributed by atoms with Gasteiger partial charge in [-0.05, 0) is 54.2 Å². The first-order chi connectivity index (χ1) is 15.1. The Kier molecular flexibility index (Phi) is 9.06. The van der Waals surface area contributed by atoms with Crippen LogP contribution in [0.3, 0.4) is 0 Å². The van der Waals surface area contributed by atoms with E-state index in [2.05, 4.69) is 31.2 Å². The van der Waals surface area contributed by atoms with Crippen molar-refractivity contribution in [3.8, 4) is 11.1 Å². The second kappa shape index (κ2) is 12.0. The highest BCUT2D eigenvalue weighted by atomic mass is 16.1. The largest absolute Gasteiger partial charge is 0.299 e. The summed E-state index contributed by atoms with van der Waals surface area (Å²) in [5.74, 6) is 1.56. The van der Waals surface area contributed by atoms with Gasteiger partial charge < -0.3 is 0 Å². The summed E-state index contributed by atoms with van der Waals surface area (Å²) in [4.78, 5) is 23.7. The molecule has 166 valence electrons. The zero-order valence-electron chi connectivity index (χ0n) is 19.4. The predicted octanol–water partition coefficient (Wildman–Crippen LogP) is 8.15. The number of hydrogen-bond acceptors (Lipinski definition) is 2. The number of carbonyl (C=O) groups excluding carboxylic acids is 2. The molecule has 0 heterocycles. The molecule has 1 saturated carbocycles. The Morgan fingerprint density at radius 3 is 1.97 bits per heavy atom. The Balaban J connectivity index is 1.52. The summed E-state index contributed by atoms with van der Waals surface area (Å²) in [5, 5.41) is 0. The zero-order chi connectivity index (χ0) is 22.1. The maximum Gasteiger partial charge on any atom is 0.170 e. The normalized spacial score (nSPS) is 18.6. The molecule has 0 radical (unpaired) electrons. The molecule has 0 saturated heterocycles. The molecule has 0 aliphatic heterocycles. The van der Waals surface area contributed by atoms with Crippen molar-refractivity contribution in [2.45, 2.75) is 90.4 Å². The monoisotopic (exact) mass is 418 g/mol. The van der Waals surface area contributed by atoms with Crippen LogP contribution in [0.15, 0.2) is 48.5 Å². The predicted molar refractivity (Wildman–Crippen MR) is 130 cm³/mol. The van der Waals surface area contributed by atoms with E-state index >= 15 is 0 Å². The van der Waals surface area contributed by atoms with Crippen LogP contribution in [0, 0.1) is 5.92 Å². The first-order valence-corrected chi connectivity index (χ1v) is 12.4. The van der Waals surface area contributed by atoms with Gasteiger partial charge in [0.05, 0.1) is 6.42 Å². The first-order valence-electron chi connectivity index (χ1n) is 12.4. The summed E-state index contributed by atoms with van der Waals surface area (Å²) in [5.41, 5.74) is 4.38. The first kappa shape index (κ1) is 23.4. The van der Waals surface area contributed by atoms with E-state index in [9.17, 15) is 9.59 Å². The molecule has 0 unspecified atom stereocenters. The summed E-state index contributed by atoms with van der Waals surface area (Å²) < 4.78 is 0. The van der Waals surface area contributed by atoms with E-state index in [-0.39, 0.29) is 18.0 Å². The molecular weight excluding hydrogens is 380 g/mol. The summed E-state index contributed by atoms with van der Waals surface area (Å²) in [6.07, 6.45) is 12.8. The molecule has 1 fully saturated rings. The Hall–Kier alpha value is -2.22. The molecule has 0 N–H and O–H groups in total. The lowest BCUT2D eigenvalue weighted by atomic mass is 9.77. The van der Waals surface area contributed by atoms with Gasteiger partial charge in [-0.25, -0.2) is 0 Å². The van der Waals surface area contributed by atoms with Crippen molar-refractivity contribution >= 4 is 11.6 Å². The Labute approximate surface area is 188 Å². The Morgan fingerprint density at radius 1 is 0.774 bits per heavy atom. The fourth-order valence-electron chi connectivity index (χ4n) is 4.85. The van der Waals surface area contributed by atoms with Crippen LogP contribution in [0.2, 0.25) is 0 Å². The van der Waals surface area contributed by atoms with Crippen LogP contribution in [-0.4, -0.2) is 11.6 Å². The molecule has 0 aromatic heterocycles. The minimum Gasteiger partial charge on any atom is -0.299 e. The third-order valence-corrected chi connectivity index (χ3v) is 6.99. The molecule has 2 heteroatoms. The molecule has 3 rings (SSSR count). The fraction of sp³-hybridized carbons (Fsp3) is 0.517. The SMILES string of the molecule is CCCCCCC1CCC(c2ccc(-c3ccc(C(=O)CC(=O)CC)cc3)cc2)CC1. The summed E-state index contributed by atoms with van der Waals surface area (Å²) in [6, 6.07) is 16.7. The molecule has 2 aromatic carbocycles. The zero-order valence-corrected chi connectivity index (χ0v) is 19.4. The lowest BCUT2D eigenvalue weighted by molar-refractivity contribution is -0.117. The summed E-state index contributed by atoms with van der Waals surface area (Å²) >= 11 is 0. The Morgan fingerprint density at radius 2 is 1.39 bits per heavy atom. The van der Waals surface area contributed by atoms with E-state index < -0.39 is 0 Å². The van der Waals surface area contributed by atoms with Crippen LogP contribution in [0.4, 0.5) is 0 Å². The molecule has 1 aliphatic carbocycles. The van der Waals surface area contributed by atoms with Gasteiger partial charge in [-0.1, -0.05) is 94.5 Å². The van der Waals surface area contributed by atoms with Crippen LogP contribution >= 0.6 is 0 Å². The number of hydrogen-bond donors (Lipinski definition) is 0. The smallest absolute Gasteiger partial charge is 0.170 e. The number of rotatable bonds is 11. The maximum atomic E-state index is 12.2. The highest BCUT2D eigenvalue weighted by molar-refractivity contribution is 6.08. The highest BCUT2D eigenvalue weighted by Crippen LogP contribution is 2.38. The van der Waals surface area contributed by atoms with Crippen molar-refractivity contribution in [2.24, 2.45) is 5.92 Å². The quantitative estimate of drug-likeness (QED) is 0.209. The molecule has 0 bridgehead atoms. The van der Waals surface area contributed by atoms with Crippen molar-refractivity contribution in [3.63, 3.8) is 0 Å². The fourth-order valence-corrected chi connectivity index (χ4v) is 4.85. The van der Waals surface area contributed by atoms with Gasteiger partial charge in [-0.15, -0.1) is 0 Å². The highest BCUT2D eigenvalue weighted by Gasteiger charge is 2.22. The maximum absolute atomic E-state index is 12.2. The van der Waals surface area contributed by atoms with Crippen molar-refractivity contribution in [3.05, 3.63) is 59.7 Å². The molecule has 2 nitrogen and oxygen atoms in total. The van der Waals surface area contributed by atoms with Gasteiger partial charge in [0.25, 0.3) is 0 Å². The average molecular weight is 419 g/mol. The third-order valence-electron chi connectivity index (χ3n) is 6.99. The van der Waals surface area contributed by atoms with Gasteiger partial charge in [0.2, 0.25) is 0 Å². The second-order valence-corrected chi connectivity index (χ2v) is 9.26. The summed E-state index contributed by atoms with van der Waals surface area (Å²) in [7, 11) is 0. The van der Waals surface area contributed by atoms with E-state index in [4.69, 9.17) is 0 Å². The van der Waals surface area contributed by atoms with Crippen LogP contribution in [0.5, 0.6) is 0 Å². The van der Waals surface area contributed by atoms with E-state index in [0.29, 0.717) is 17.9 Å². The van der Waals surface area contributed by atoms with Crippen molar-refractivity contribution in [1.82, 2.24) is 0 Å². The molecule has 0 atom stereocenters. The topological polar surface area (TPSA) is 34.1 Å². The number of unbranched alkanes of at least 4 members (excludes halogenated alkanes) is 3. The molecule has 31 heavy (non-hydrogen) atoms. The molecule has 2 aromatic rings. The van der Waals surface area contributed by atoms with Crippen molar-refractivity contribution < 1.29 is 9.59 Å². The summed E-state index contributed by atoms with van der Waals surface area (Å²) in [6.45, 7) is 4.08. The minimum absolute atomic E-state index is 0.00445. The van der Waals surface area contributed by atoms with E-state index in [0.717, 1.165) is 11.5 Å². The molecule has 0 amide bonds. The average Bonchev–Trinajstić information content (AvgIpc) is 2.82. The standard InChI is InChI=1S/C29H38O2/c1-3-5-6-7-8-22-9-11-23(12-10-22)24-13-15-25(16-14-24)26-17-19-27(20-18-26)29(31)21-28(30)4-2/h13-20,22-23H,3-12,21H2,1-2H3. The second-order valence-electron chi connectivity index (χ2n) is 9.26. The molecule has 0 spiro atoms. The number of benzene rings is 2. The van der Waals surface area contributed by atoms with Gasteiger partial charge in [0, 0.05) is 12.0 Å². The van der Waals surface area contributed by atoms with Gasteiger partial charge in [-0.3, -0.25) is 9.59 Å². The Bertz CT molecular complexity index is 824. The van der Waals surface area contributed by atoms with Gasteiger partial charge in [0.15, 0.2) is 5.78 Å². The van der Waals surface area contributed by atoms with E-state index in [1.807, 2.05) is 24.3 Å². The van der Waals surface area contributed by atoms with E-state index in [1.54, 1.807) is 6.92 Å².